The first-order chi connectivity index (χ1) is 8.77. The van der Waals surface area contributed by atoms with Gasteiger partial charge in [0.2, 0.25) is 0 Å². The van der Waals surface area contributed by atoms with Crippen LogP contribution in [0.25, 0.3) is 0 Å². The van der Waals surface area contributed by atoms with E-state index in [1.807, 2.05) is 18.2 Å². The minimum Gasteiger partial charge on any atom is -0.392 e. The molecule has 0 heterocycles. The maximum absolute atomic E-state index is 10.4. The van der Waals surface area contributed by atoms with E-state index in [0.29, 0.717) is 6.42 Å². The molecule has 2 nitrogen and oxygen atoms in total. The molecule has 0 aliphatic heterocycles. The van der Waals surface area contributed by atoms with E-state index in [-0.39, 0.29) is 4.75 Å². The molecule has 1 aromatic rings. The van der Waals surface area contributed by atoms with E-state index in [1.54, 1.807) is 25.6 Å². The van der Waals surface area contributed by atoms with Gasteiger partial charge in [0.05, 0.1) is 11.7 Å². The van der Waals surface area contributed by atoms with E-state index in [9.17, 15) is 10.2 Å². The Bertz CT molecular complexity index is 372. The van der Waals surface area contributed by atoms with Crippen LogP contribution in [0.4, 0.5) is 0 Å². The van der Waals surface area contributed by atoms with Gasteiger partial charge in [-0.2, -0.15) is 0 Å². The fraction of sp³-hybridized carbons (Fsp3) is 0.625. The molecule has 0 aromatic heterocycles. The van der Waals surface area contributed by atoms with Gasteiger partial charge in [0.25, 0.3) is 0 Å². The Kier molecular flexibility index (Phi) is 5.90. The van der Waals surface area contributed by atoms with Crippen LogP contribution in [-0.4, -0.2) is 26.7 Å². The zero-order valence-electron chi connectivity index (χ0n) is 12.4. The molecule has 0 spiro atoms. The molecule has 1 rings (SSSR count). The summed E-state index contributed by atoms with van der Waals surface area (Å²) in [4.78, 5) is 0. The Morgan fingerprint density at radius 1 is 1.16 bits per heavy atom. The SMILES string of the molecule is CC[C@@](C)(SCc1ccccc1)[C@@H](O)CC(C)(C)O. The Hall–Kier alpha value is -0.510. The highest BCUT2D eigenvalue weighted by molar-refractivity contribution is 7.99. The lowest BCUT2D eigenvalue weighted by Gasteiger charge is -2.36. The predicted molar refractivity (Wildman–Crippen MR) is 83.4 cm³/mol. The third-order valence-electron chi connectivity index (χ3n) is 3.51. The van der Waals surface area contributed by atoms with Crippen LogP contribution in [0.5, 0.6) is 0 Å². The molecule has 0 fully saturated rings. The van der Waals surface area contributed by atoms with E-state index in [2.05, 4.69) is 26.0 Å². The first-order valence-corrected chi connectivity index (χ1v) is 7.84. The second kappa shape index (κ2) is 6.78. The van der Waals surface area contributed by atoms with Crippen molar-refractivity contribution in [2.75, 3.05) is 0 Å². The summed E-state index contributed by atoms with van der Waals surface area (Å²) in [6.07, 6.45) is 0.771. The molecule has 2 N–H and O–H groups in total. The molecule has 19 heavy (non-hydrogen) atoms. The van der Waals surface area contributed by atoms with Crippen molar-refractivity contribution >= 4 is 11.8 Å². The Morgan fingerprint density at radius 2 is 1.74 bits per heavy atom. The zero-order chi connectivity index (χ0) is 14.5. The summed E-state index contributed by atoms with van der Waals surface area (Å²) in [6.45, 7) is 7.66. The number of thioether (sulfide) groups is 1. The minimum absolute atomic E-state index is 0.226. The van der Waals surface area contributed by atoms with E-state index < -0.39 is 11.7 Å². The molecule has 0 saturated carbocycles. The number of aliphatic hydroxyl groups is 2. The van der Waals surface area contributed by atoms with Crippen LogP contribution in [0, 0.1) is 0 Å². The lowest BCUT2D eigenvalue weighted by atomic mass is 9.91. The molecule has 2 atom stereocenters. The van der Waals surface area contributed by atoms with Gasteiger partial charge in [0.15, 0.2) is 0 Å². The van der Waals surface area contributed by atoms with Crippen molar-refractivity contribution in [3.05, 3.63) is 35.9 Å². The molecule has 0 radical (unpaired) electrons. The molecule has 0 bridgehead atoms. The maximum atomic E-state index is 10.4. The first-order valence-electron chi connectivity index (χ1n) is 6.85. The molecule has 0 aliphatic carbocycles. The summed E-state index contributed by atoms with van der Waals surface area (Å²) in [5.74, 6) is 0.883. The molecule has 0 unspecified atom stereocenters. The second-order valence-corrected chi connectivity index (χ2v) is 7.48. The van der Waals surface area contributed by atoms with Crippen molar-refractivity contribution in [3.8, 4) is 0 Å². The molecular formula is C16H26O2S. The van der Waals surface area contributed by atoms with Crippen molar-refractivity contribution in [1.82, 2.24) is 0 Å². The van der Waals surface area contributed by atoms with Gasteiger partial charge in [-0.3, -0.25) is 0 Å². The van der Waals surface area contributed by atoms with Crippen molar-refractivity contribution in [2.45, 2.75) is 62.7 Å². The van der Waals surface area contributed by atoms with Gasteiger partial charge in [0, 0.05) is 16.9 Å². The summed E-state index contributed by atoms with van der Waals surface area (Å²) >= 11 is 1.76. The highest BCUT2D eigenvalue weighted by atomic mass is 32.2. The lowest BCUT2D eigenvalue weighted by Crippen LogP contribution is -2.40. The van der Waals surface area contributed by atoms with Gasteiger partial charge in [-0.25, -0.2) is 0 Å². The third kappa shape index (κ3) is 5.55. The second-order valence-electron chi connectivity index (χ2n) is 5.97. The van der Waals surface area contributed by atoms with Crippen molar-refractivity contribution in [3.63, 3.8) is 0 Å². The van der Waals surface area contributed by atoms with Gasteiger partial charge < -0.3 is 10.2 Å². The monoisotopic (exact) mass is 282 g/mol. The van der Waals surface area contributed by atoms with Crippen LogP contribution < -0.4 is 0 Å². The molecule has 0 amide bonds. The van der Waals surface area contributed by atoms with E-state index in [0.717, 1.165) is 12.2 Å². The number of hydrogen-bond donors (Lipinski definition) is 2. The molecule has 0 saturated heterocycles. The van der Waals surface area contributed by atoms with Gasteiger partial charge in [-0.1, -0.05) is 37.3 Å². The van der Waals surface area contributed by atoms with Gasteiger partial charge in [-0.15, -0.1) is 11.8 Å². The minimum atomic E-state index is -0.830. The van der Waals surface area contributed by atoms with Gasteiger partial charge >= 0.3 is 0 Å². The van der Waals surface area contributed by atoms with Crippen molar-refractivity contribution in [2.24, 2.45) is 0 Å². The fourth-order valence-corrected chi connectivity index (χ4v) is 3.11. The fourth-order valence-electron chi connectivity index (χ4n) is 1.95. The van der Waals surface area contributed by atoms with Crippen LogP contribution in [0.15, 0.2) is 30.3 Å². The van der Waals surface area contributed by atoms with E-state index >= 15 is 0 Å². The third-order valence-corrected chi connectivity index (χ3v) is 5.21. The average Bonchev–Trinajstić information content (AvgIpc) is 2.35. The number of rotatable bonds is 7. The normalized spacial score (nSPS) is 16.9. The van der Waals surface area contributed by atoms with Crippen LogP contribution in [-0.2, 0) is 5.75 Å². The summed E-state index contributed by atoms with van der Waals surface area (Å²) < 4.78 is -0.226. The largest absolute Gasteiger partial charge is 0.392 e. The number of hydrogen-bond acceptors (Lipinski definition) is 3. The van der Waals surface area contributed by atoms with E-state index in [4.69, 9.17) is 0 Å². The van der Waals surface area contributed by atoms with Crippen molar-refractivity contribution in [1.29, 1.82) is 0 Å². The van der Waals surface area contributed by atoms with Crippen LogP contribution >= 0.6 is 11.8 Å². The lowest BCUT2D eigenvalue weighted by molar-refractivity contribution is 0.00560. The van der Waals surface area contributed by atoms with Crippen molar-refractivity contribution < 1.29 is 10.2 Å². The smallest absolute Gasteiger partial charge is 0.0711 e. The van der Waals surface area contributed by atoms with Crippen LogP contribution in [0.1, 0.15) is 46.1 Å². The number of benzene rings is 1. The number of aliphatic hydroxyl groups excluding tert-OH is 1. The summed E-state index contributed by atoms with van der Waals surface area (Å²) in [6, 6.07) is 10.3. The quantitative estimate of drug-likeness (QED) is 0.802. The van der Waals surface area contributed by atoms with Gasteiger partial charge in [-0.05, 0) is 32.8 Å². The zero-order valence-corrected chi connectivity index (χ0v) is 13.2. The highest BCUT2D eigenvalue weighted by Gasteiger charge is 2.35. The average molecular weight is 282 g/mol. The summed E-state index contributed by atoms with van der Waals surface area (Å²) in [5.41, 5.74) is 0.436. The highest BCUT2D eigenvalue weighted by Crippen LogP contribution is 2.37. The van der Waals surface area contributed by atoms with Crippen LogP contribution in [0.2, 0.25) is 0 Å². The molecule has 108 valence electrons. The van der Waals surface area contributed by atoms with E-state index in [1.165, 1.54) is 5.56 Å². The van der Waals surface area contributed by atoms with Crippen LogP contribution in [0.3, 0.4) is 0 Å². The predicted octanol–water partition coefficient (Wildman–Crippen LogP) is 3.61. The molecule has 1 aromatic carbocycles. The molecular weight excluding hydrogens is 256 g/mol. The Morgan fingerprint density at radius 3 is 2.21 bits per heavy atom. The first kappa shape index (κ1) is 16.5. The Labute approximate surface area is 121 Å². The molecule has 3 heteroatoms. The maximum Gasteiger partial charge on any atom is 0.0711 e. The van der Waals surface area contributed by atoms with Gasteiger partial charge in [0.1, 0.15) is 0 Å². The topological polar surface area (TPSA) is 40.5 Å². The molecule has 0 aliphatic rings. The summed E-state index contributed by atoms with van der Waals surface area (Å²) in [7, 11) is 0. The standard InChI is InChI=1S/C16H26O2S/c1-5-16(4,14(17)11-15(2,3)18)19-12-13-9-7-6-8-10-13/h6-10,14,17-18H,5,11-12H2,1-4H3/t14-,16+/m0/s1. The summed E-state index contributed by atoms with van der Waals surface area (Å²) in [5, 5.41) is 20.3. The Balaban J connectivity index is 2.64.